The Bertz CT molecular complexity index is 556. The Morgan fingerprint density at radius 2 is 1.81 bits per heavy atom. The lowest BCUT2D eigenvalue weighted by Gasteiger charge is -2.23. The summed E-state index contributed by atoms with van der Waals surface area (Å²) in [6.07, 6.45) is 2.96. The fraction of sp³-hybridized carbons (Fsp3) is 0.353. The van der Waals surface area contributed by atoms with Crippen LogP contribution in [0.2, 0.25) is 0 Å². The molecule has 21 heavy (non-hydrogen) atoms. The van der Waals surface area contributed by atoms with Crippen molar-refractivity contribution in [3.8, 4) is 0 Å². The smallest absolute Gasteiger partial charge is 0.123 e. The number of hydrogen-bond acceptors (Lipinski definition) is 3. The van der Waals surface area contributed by atoms with Crippen LogP contribution in [-0.2, 0) is 6.54 Å². The summed E-state index contributed by atoms with van der Waals surface area (Å²) in [6, 6.07) is 12.8. The van der Waals surface area contributed by atoms with Crippen molar-refractivity contribution >= 4 is 5.69 Å². The van der Waals surface area contributed by atoms with Gasteiger partial charge in [0, 0.05) is 44.6 Å². The largest absolute Gasteiger partial charge is 0.370 e. The van der Waals surface area contributed by atoms with Crippen LogP contribution in [0.1, 0.15) is 12.1 Å². The summed E-state index contributed by atoms with van der Waals surface area (Å²) >= 11 is 0. The number of rotatable bonds is 3. The van der Waals surface area contributed by atoms with E-state index in [4.69, 9.17) is 0 Å². The first kappa shape index (κ1) is 14.0. The van der Waals surface area contributed by atoms with E-state index in [-0.39, 0.29) is 5.82 Å². The summed E-state index contributed by atoms with van der Waals surface area (Å²) in [4.78, 5) is 9.16. The lowest BCUT2D eigenvalue weighted by atomic mass is 10.2. The number of pyridine rings is 1. The van der Waals surface area contributed by atoms with Crippen LogP contribution in [0.5, 0.6) is 0 Å². The molecule has 0 amide bonds. The zero-order valence-electron chi connectivity index (χ0n) is 12.1. The lowest BCUT2D eigenvalue weighted by Crippen LogP contribution is -2.30. The molecule has 1 aromatic carbocycles. The third-order valence-corrected chi connectivity index (χ3v) is 3.89. The van der Waals surface area contributed by atoms with Gasteiger partial charge in [0.05, 0.1) is 5.69 Å². The third-order valence-electron chi connectivity index (χ3n) is 3.89. The van der Waals surface area contributed by atoms with Crippen molar-refractivity contribution in [1.82, 2.24) is 9.88 Å². The zero-order chi connectivity index (χ0) is 14.5. The third kappa shape index (κ3) is 3.79. The van der Waals surface area contributed by atoms with Gasteiger partial charge in [-0.05, 0) is 42.8 Å². The molecule has 4 heteroatoms. The van der Waals surface area contributed by atoms with Crippen LogP contribution in [0, 0.1) is 5.82 Å². The highest BCUT2D eigenvalue weighted by atomic mass is 19.1. The Morgan fingerprint density at radius 3 is 2.57 bits per heavy atom. The molecule has 0 bridgehead atoms. The average Bonchev–Trinajstić information content (AvgIpc) is 2.75. The van der Waals surface area contributed by atoms with Crippen LogP contribution >= 0.6 is 0 Å². The molecule has 2 heterocycles. The van der Waals surface area contributed by atoms with Crippen molar-refractivity contribution in [1.29, 1.82) is 0 Å². The van der Waals surface area contributed by atoms with E-state index in [2.05, 4.69) is 20.9 Å². The standard InChI is InChI=1S/C17H20FN3/c18-15-5-7-17(8-6-15)21-11-3-10-20(12-13-21)14-16-4-1-2-9-19-16/h1-2,4-9H,3,10-14H2. The average molecular weight is 285 g/mol. The number of anilines is 1. The Labute approximate surface area is 125 Å². The van der Waals surface area contributed by atoms with E-state index in [1.54, 1.807) is 0 Å². The number of nitrogens with zero attached hydrogens (tertiary/aromatic N) is 3. The first-order valence-electron chi connectivity index (χ1n) is 7.44. The molecular weight excluding hydrogens is 265 g/mol. The zero-order valence-corrected chi connectivity index (χ0v) is 12.1. The van der Waals surface area contributed by atoms with Crippen LogP contribution in [0.25, 0.3) is 0 Å². The fourth-order valence-electron chi connectivity index (χ4n) is 2.76. The van der Waals surface area contributed by atoms with Gasteiger partial charge >= 0.3 is 0 Å². The van der Waals surface area contributed by atoms with Gasteiger partial charge in [0.2, 0.25) is 0 Å². The van der Waals surface area contributed by atoms with E-state index in [0.29, 0.717) is 0 Å². The van der Waals surface area contributed by atoms with Gasteiger partial charge in [-0.1, -0.05) is 6.07 Å². The number of halogens is 1. The molecule has 0 spiro atoms. The van der Waals surface area contributed by atoms with Gasteiger partial charge in [-0.3, -0.25) is 9.88 Å². The molecule has 0 radical (unpaired) electrons. The maximum absolute atomic E-state index is 13.0. The SMILES string of the molecule is Fc1ccc(N2CCCN(Cc3ccccn3)CC2)cc1. The molecule has 110 valence electrons. The van der Waals surface area contributed by atoms with Gasteiger partial charge in [0.15, 0.2) is 0 Å². The Hall–Kier alpha value is -1.94. The number of benzene rings is 1. The second kappa shape index (κ2) is 6.68. The van der Waals surface area contributed by atoms with Gasteiger partial charge in [0.25, 0.3) is 0 Å². The van der Waals surface area contributed by atoms with Crippen LogP contribution in [0.3, 0.4) is 0 Å². The first-order chi connectivity index (χ1) is 10.3. The van der Waals surface area contributed by atoms with Crippen LogP contribution in [0.4, 0.5) is 10.1 Å². The van der Waals surface area contributed by atoms with E-state index in [9.17, 15) is 4.39 Å². The van der Waals surface area contributed by atoms with Gasteiger partial charge in [-0.25, -0.2) is 4.39 Å². The van der Waals surface area contributed by atoms with Crippen molar-refractivity contribution in [3.63, 3.8) is 0 Å². The van der Waals surface area contributed by atoms with Crippen molar-refractivity contribution in [2.45, 2.75) is 13.0 Å². The van der Waals surface area contributed by atoms with Gasteiger partial charge < -0.3 is 4.90 Å². The van der Waals surface area contributed by atoms with E-state index < -0.39 is 0 Å². The molecule has 0 unspecified atom stereocenters. The predicted molar refractivity (Wildman–Crippen MR) is 82.7 cm³/mol. The minimum atomic E-state index is -0.176. The lowest BCUT2D eigenvalue weighted by molar-refractivity contribution is 0.282. The predicted octanol–water partition coefficient (Wildman–Crippen LogP) is 2.93. The van der Waals surface area contributed by atoms with Gasteiger partial charge in [-0.15, -0.1) is 0 Å². The molecule has 0 N–H and O–H groups in total. The molecule has 0 aliphatic carbocycles. The quantitative estimate of drug-likeness (QED) is 0.864. The normalized spacial score (nSPS) is 16.7. The summed E-state index contributed by atoms with van der Waals surface area (Å²) in [5.41, 5.74) is 2.23. The topological polar surface area (TPSA) is 19.4 Å². The van der Waals surface area contributed by atoms with Gasteiger partial charge in [0.1, 0.15) is 5.82 Å². The van der Waals surface area contributed by atoms with Crippen molar-refractivity contribution in [3.05, 3.63) is 60.2 Å². The summed E-state index contributed by atoms with van der Waals surface area (Å²) in [7, 11) is 0. The Morgan fingerprint density at radius 1 is 0.952 bits per heavy atom. The van der Waals surface area contributed by atoms with Crippen molar-refractivity contribution < 1.29 is 4.39 Å². The van der Waals surface area contributed by atoms with Crippen LogP contribution in [0.15, 0.2) is 48.7 Å². The van der Waals surface area contributed by atoms with E-state index in [1.165, 1.54) is 12.1 Å². The summed E-state index contributed by atoms with van der Waals surface area (Å²) in [5, 5.41) is 0. The van der Waals surface area contributed by atoms with Crippen LogP contribution in [-0.4, -0.2) is 36.1 Å². The molecule has 1 aromatic heterocycles. The summed E-state index contributed by atoms with van der Waals surface area (Å²) in [6.45, 7) is 4.98. The minimum absolute atomic E-state index is 0.176. The fourth-order valence-corrected chi connectivity index (χ4v) is 2.76. The molecule has 0 atom stereocenters. The molecule has 3 nitrogen and oxygen atoms in total. The Kier molecular flexibility index (Phi) is 4.46. The molecular formula is C17H20FN3. The maximum Gasteiger partial charge on any atom is 0.123 e. The second-order valence-electron chi connectivity index (χ2n) is 5.41. The van der Waals surface area contributed by atoms with E-state index in [0.717, 1.165) is 50.5 Å². The molecule has 1 aliphatic heterocycles. The maximum atomic E-state index is 13.0. The highest BCUT2D eigenvalue weighted by Crippen LogP contribution is 2.17. The van der Waals surface area contributed by atoms with E-state index >= 15 is 0 Å². The van der Waals surface area contributed by atoms with Crippen LogP contribution < -0.4 is 4.90 Å². The Balaban J connectivity index is 1.60. The molecule has 3 rings (SSSR count). The molecule has 1 aliphatic rings. The summed E-state index contributed by atoms with van der Waals surface area (Å²) < 4.78 is 13.0. The second-order valence-corrected chi connectivity index (χ2v) is 5.41. The molecule has 2 aromatic rings. The van der Waals surface area contributed by atoms with E-state index in [1.807, 2.05) is 30.5 Å². The molecule has 1 fully saturated rings. The highest BCUT2D eigenvalue weighted by Gasteiger charge is 2.15. The number of aromatic nitrogens is 1. The summed E-state index contributed by atoms with van der Waals surface area (Å²) in [5.74, 6) is -0.176. The first-order valence-corrected chi connectivity index (χ1v) is 7.44. The monoisotopic (exact) mass is 285 g/mol. The molecule has 1 saturated heterocycles. The highest BCUT2D eigenvalue weighted by molar-refractivity contribution is 5.46. The minimum Gasteiger partial charge on any atom is -0.370 e. The number of hydrogen-bond donors (Lipinski definition) is 0. The molecule has 0 saturated carbocycles. The van der Waals surface area contributed by atoms with Crippen molar-refractivity contribution in [2.24, 2.45) is 0 Å². The van der Waals surface area contributed by atoms with Gasteiger partial charge in [-0.2, -0.15) is 0 Å². The van der Waals surface area contributed by atoms with Crippen molar-refractivity contribution in [2.75, 3.05) is 31.1 Å².